The van der Waals surface area contributed by atoms with Crippen LogP contribution < -0.4 is 4.90 Å². The molecule has 1 aliphatic heterocycles. The summed E-state index contributed by atoms with van der Waals surface area (Å²) in [4.78, 5) is 7.24. The lowest BCUT2D eigenvalue weighted by molar-refractivity contribution is 0.630. The highest BCUT2D eigenvalue weighted by atomic mass is 15.2. The summed E-state index contributed by atoms with van der Waals surface area (Å²) >= 11 is 0. The minimum Gasteiger partial charge on any atom is -0.353 e. The van der Waals surface area contributed by atoms with Gasteiger partial charge >= 0.3 is 0 Å². The minimum absolute atomic E-state index is 0.571. The van der Waals surface area contributed by atoms with Crippen LogP contribution in [0.4, 0.5) is 5.82 Å². The van der Waals surface area contributed by atoms with E-state index < -0.39 is 0 Å². The maximum Gasteiger partial charge on any atom is 0.147 e. The number of rotatable bonds is 2. The van der Waals surface area contributed by atoms with Crippen molar-refractivity contribution in [3.05, 3.63) is 22.9 Å². The molecule has 0 bridgehead atoms. The second kappa shape index (κ2) is 5.21. The molecule has 1 aromatic heterocycles. The Hall–Kier alpha value is -1.56. The zero-order valence-electron chi connectivity index (χ0n) is 11.7. The quantitative estimate of drug-likeness (QED) is 0.814. The van der Waals surface area contributed by atoms with Crippen LogP contribution in [0.15, 0.2) is 6.07 Å². The van der Waals surface area contributed by atoms with Gasteiger partial charge in [0.15, 0.2) is 0 Å². The number of nitriles is 1. The number of hydrogen-bond donors (Lipinski definition) is 0. The van der Waals surface area contributed by atoms with E-state index in [1.54, 1.807) is 0 Å². The maximum absolute atomic E-state index is 9.42. The average Bonchev–Trinajstić information content (AvgIpc) is 2.94. The highest BCUT2D eigenvalue weighted by Gasteiger charge is 2.27. The van der Waals surface area contributed by atoms with Gasteiger partial charge in [0.2, 0.25) is 0 Å². The predicted octanol–water partition coefficient (Wildman–Crippen LogP) is 3.21. The zero-order chi connectivity index (χ0) is 13.2. The molecule has 1 unspecified atom stereocenters. The van der Waals surface area contributed by atoms with Crippen LogP contribution in [0.5, 0.6) is 0 Å². The molecular weight excluding hydrogens is 234 g/mol. The van der Waals surface area contributed by atoms with Crippen molar-refractivity contribution in [1.82, 2.24) is 4.98 Å². The monoisotopic (exact) mass is 255 g/mol. The molecule has 0 spiro atoms. The SMILES string of the molecule is CCC1CCCN1c1nc2c(cc1C#N)CCCC2. The van der Waals surface area contributed by atoms with E-state index >= 15 is 0 Å². The van der Waals surface area contributed by atoms with Gasteiger partial charge in [-0.05, 0) is 56.6 Å². The Labute approximate surface area is 115 Å². The van der Waals surface area contributed by atoms with Crippen LogP contribution in [0, 0.1) is 11.3 Å². The number of aryl methyl sites for hydroxylation is 2. The largest absolute Gasteiger partial charge is 0.353 e. The highest BCUT2D eigenvalue weighted by molar-refractivity contribution is 5.57. The maximum atomic E-state index is 9.42. The molecule has 19 heavy (non-hydrogen) atoms. The fourth-order valence-corrected chi connectivity index (χ4v) is 3.46. The average molecular weight is 255 g/mol. The molecule has 1 saturated heterocycles. The molecular formula is C16H21N3. The molecule has 3 heteroatoms. The van der Waals surface area contributed by atoms with E-state index in [9.17, 15) is 5.26 Å². The summed E-state index contributed by atoms with van der Waals surface area (Å²) in [6, 6.07) is 5.03. The van der Waals surface area contributed by atoms with Crippen LogP contribution in [-0.2, 0) is 12.8 Å². The third-order valence-electron chi connectivity index (χ3n) is 4.52. The van der Waals surface area contributed by atoms with Crippen molar-refractivity contribution >= 4 is 5.82 Å². The Bertz CT molecular complexity index is 515. The molecule has 0 saturated carbocycles. The van der Waals surface area contributed by atoms with Gasteiger partial charge in [-0.15, -0.1) is 0 Å². The lowest BCUT2D eigenvalue weighted by Crippen LogP contribution is -2.30. The number of fused-ring (bicyclic) bond motifs is 1. The third-order valence-corrected chi connectivity index (χ3v) is 4.52. The van der Waals surface area contributed by atoms with Crippen LogP contribution in [0.3, 0.4) is 0 Å². The first-order valence-electron chi connectivity index (χ1n) is 7.53. The summed E-state index contributed by atoms with van der Waals surface area (Å²) in [5.41, 5.74) is 3.32. The minimum atomic E-state index is 0.571. The Morgan fingerprint density at radius 3 is 3.00 bits per heavy atom. The molecule has 2 aliphatic rings. The number of anilines is 1. The van der Waals surface area contributed by atoms with E-state index in [0.717, 1.165) is 37.2 Å². The van der Waals surface area contributed by atoms with E-state index in [-0.39, 0.29) is 0 Å². The van der Waals surface area contributed by atoms with Crippen molar-refractivity contribution in [2.45, 2.75) is 57.9 Å². The van der Waals surface area contributed by atoms with E-state index in [0.29, 0.717) is 6.04 Å². The summed E-state index contributed by atoms with van der Waals surface area (Å²) in [5, 5.41) is 9.42. The number of nitrogens with zero attached hydrogens (tertiary/aromatic N) is 3. The first-order valence-corrected chi connectivity index (χ1v) is 7.53. The van der Waals surface area contributed by atoms with E-state index in [1.807, 2.05) is 0 Å². The van der Waals surface area contributed by atoms with Crippen LogP contribution in [0.2, 0.25) is 0 Å². The molecule has 1 fully saturated rings. The third kappa shape index (κ3) is 2.20. The molecule has 2 heterocycles. The zero-order valence-corrected chi connectivity index (χ0v) is 11.7. The van der Waals surface area contributed by atoms with Crippen molar-refractivity contribution in [1.29, 1.82) is 5.26 Å². The van der Waals surface area contributed by atoms with Gasteiger partial charge in [0.1, 0.15) is 11.9 Å². The smallest absolute Gasteiger partial charge is 0.147 e. The molecule has 3 rings (SSSR count). The molecule has 0 N–H and O–H groups in total. The van der Waals surface area contributed by atoms with Crippen LogP contribution in [0.1, 0.15) is 55.8 Å². The van der Waals surface area contributed by atoms with Crippen molar-refractivity contribution in [2.24, 2.45) is 0 Å². The lowest BCUT2D eigenvalue weighted by atomic mass is 9.94. The summed E-state index contributed by atoms with van der Waals surface area (Å²) in [7, 11) is 0. The standard InChI is InChI=1S/C16H21N3/c1-2-14-7-5-9-19(14)16-13(11-17)10-12-6-3-4-8-15(12)18-16/h10,14H,2-9H2,1H3. The summed E-state index contributed by atoms with van der Waals surface area (Å²) < 4.78 is 0. The second-order valence-corrected chi connectivity index (χ2v) is 5.68. The molecule has 1 atom stereocenters. The Balaban J connectivity index is 2.02. The summed E-state index contributed by atoms with van der Waals surface area (Å²) in [6.07, 6.45) is 8.25. The van der Waals surface area contributed by atoms with Crippen molar-refractivity contribution < 1.29 is 0 Å². The summed E-state index contributed by atoms with van der Waals surface area (Å²) in [5.74, 6) is 0.951. The highest BCUT2D eigenvalue weighted by Crippen LogP contribution is 2.31. The molecule has 100 valence electrons. The van der Waals surface area contributed by atoms with Crippen LogP contribution in [-0.4, -0.2) is 17.6 Å². The fraction of sp³-hybridized carbons (Fsp3) is 0.625. The van der Waals surface area contributed by atoms with Crippen molar-refractivity contribution in [2.75, 3.05) is 11.4 Å². The van der Waals surface area contributed by atoms with Gasteiger partial charge in [-0.3, -0.25) is 0 Å². The van der Waals surface area contributed by atoms with Crippen LogP contribution in [0.25, 0.3) is 0 Å². The van der Waals surface area contributed by atoms with E-state index in [1.165, 1.54) is 36.9 Å². The molecule has 0 amide bonds. The molecule has 0 radical (unpaired) electrons. The van der Waals surface area contributed by atoms with E-state index in [4.69, 9.17) is 4.98 Å². The topological polar surface area (TPSA) is 39.9 Å². The van der Waals surface area contributed by atoms with Gasteiger partial charge in [-0.2, -0.15) is 5.26 Å². The van der Waals surface area contributed by atoms with Crippen LogP contribution >= 0.6 is 0 Å². The first kappa shape index (κ1) is 12.5. The predicted molar refractivity (Wildman–Crippen MR) is 76.3 cm³/mol. The lowest BCUT2D eigenvalue weighted by Gasteiger charge is -2.27. The Morgan fingerprint density at radius 2 is 2.21 bits per heavy atom. The van der Waals surface area contributed by atoms with E-state index in [2.05, 4.69) is 24.0 Å². The van der Waals surface area contributed by atoms with Gasteiger partial charge in [-0.1, -0.05) is 6.92 Å². The number of pyridine rings is 1. The number of hydrogen-bond acceptors (Lipinski definition) is 3. The Kier molecular flexibility index (Phi) is 3.42. The first-order chi connectivity index (χ1) is 9.33. The normalized spacial score (nSPS) is 22.1. The van der Waals surface area contributed by atoms with Gasteiger partial charge in [0.05, 0.1) is 5.56 Å². The molecule has 1 aromatic rings. The van der Waals surface area contributed by atoms with Gasteiger partial charge < -0.3 is 4.90 Å². The van der Waals surface area contributed by atoms with Gasteiger partial charge in [0.25, 0.3) is 0 Å². The fourth-order valence-electron chi connectivity index (χ4n) is 3.46. The van der Waals surface area contributed by atoms with Crippen molar-refractivity contribution in [3.63, 3.8) is 0 Å². The Morgan fingerprint density at radius 1 is 1.37 bits per heavy atom. The van der Waals surface area contributed by atoms with Gasteiger partial charge in [0, 0.05) is 18.3 Å². The number of aromatic nitrogens is 1. The van der Waals surface area contributed by atoms with Crippen molar-refractivity contribution in [3.8, 4) is 6.07 Å². The second-order valence-electron chi connectivity index (χ2n) is 5.68. The summed E-state index contributed by atoms with van der Waals surface area (Å²) in [6.45, 7) is 3.28. The molecule has 0 aromatic carbocycles. The van der Waals surface area contributed by atoms with Gasteiger partial charge in [-0.25, -0.2) is 4.98 Å². The molecule has 3 nitrogen and oxygen atoms in total. The molecule has 1 aliphatic carbocycles.